The molecule has 2 rings (SSSR count). The Morgan fingerprint density at radius 3 is 2.67 bits per heavy atom. The SMILES string of the molecule is COc1ccc(CNS(=O)(=O)N2CCCC2)cn1. The highest BCUT2D eigenvalue weighted by Gasteiger charge is 2.24. The summed E-state index contributed by atoms with van der Waals surface area (Å²) in [6.07, 6.45) is 3.47. The summed E-state index contributed by atoms with van der Waals surface area (Å²) in [6.45, 7) is 1.46. The van der Waals surface area contributed by atoms with Crippen molar-refractivity contribution in [3.63, 3.8) is 0 Å². The first-order valence-electron chi connectivity index (χ1n) is 5.85. The molecule has 0 aliphatic carbocycles. The molecule has 1 fully saturated rings. The lowest BCUT2D eigenvalue weighted by Gasteiger charge is -2.15. The van der Waals surface area contributed by atoms with Crippen molar-refractivity contribution < 1.29 is 13.2 Å². The van der Waals surface area contributed by atoms with Crippen molar-refractivity contribution in [1.29, 1.82) is 0 Å². The van der Waals surface area contributed by atoms with Gasteiger partial charge in [-0.3, -0.25) is 0 Å². The number of nitrogens with one attached hydrogen (secondary N) is 1. The van der Waals surface area contributed by atoms with Crippen molar-refractivity contribution >= 4 is 10.2 Å². The first-order chi connectivity index (χ1) is 8.62. The van der Waals surface area contributed by atoms with Crippen LogP contribution in [0.5, 0.6) is 5.88 Å². The molecule has 1 aromatic rings. The minimum absolute atomic E-state index is 0.246. The van der Waals surface area contributed by atoms with Gasteiger partial charge in [0.2, 0.25) is 5.88 Å². The van der Waals surface area contributed by atoms with Crippen LogP contribution >= 0.6 is 0 Å². The Morgan fingerprint density at radius 2 is 2.11 bits per heavy atom. The Balaban J connectivity index is 1.93. The van der Waals surface area contributed by atoms with E-state index in [1.165, 1.54) is 11.4 Å². The van der Waals surface area contributed by atoms with E-state index >= 15 is 0 Å². The van der Waals surface area contributed by atoms with E-state index in [1.807, 2.05) is 0 Å². The highest BCUT2D eigenvalue weighted by molar-refractivity contribution is 7.87. The number of ether oxygens (including phenoxy) is 1. The number of aromatic nitrogens is 1. The number of nitrogens with zero attached hydrogens (tertiary/aromatic N) is 2. The molecule has 6 nitrogen and oxygen atoms in total. The van der Waals surface area contributed by atoms with E-state index in [4.69, 9.17) is 4.74 Å². The van der Waals surface area contributed by atoms with Crippen LogP contribution in [0.15, 0.2) is 18.3 Å². The highest BCUT2D eigenvalue weighted by atomic mass is 32.2. The molecule has 100 valence electrons. The zero-order chi connectivity index (χ0) is 13.0. The molecule has 1 aromatic heterocycles. The minimum Gasteiger partial charge on any atom is -0.481 e. The third-order valence-corrected chi connectivity index (χ3v) is 4.42. The van der Waals surface area contributed by atoms with Crippen LogP contribution < -0.4 is 9.46 Å². The lowest BCUT2D eigenvalue weighted by Crippen LogP contribution is -2.38. The molecule has 1 aliphatic heterocycles. The van der Waals surface area contributed by atoms with Crippen molar-refractivity contribution in [2.24, 2.45) is 0 Å². The van der Waals surface area contributed by atoms with E-state index in [2.05, 4.69) is 9.71 Å². The van der Waals surface area contributed by atoms with Gasteiger partial charge in [-0.1, -0.05) is 6.07 Å². The van der Waals surface area contributed by atoms with E-state index in [0.717, 1.165) is 18.4 Å². The fraction of sp³-hybridized carbons (Fsp3) is 0.545. The van der Waals surface area contributed by atoms with Crippen LogP contribution in [0.25, 0.3) is 0 Å². The van der Waals surface area contributed by atoms with Crippen LogP contribution in [0, 0.1) is 0 Å². The molecule has 0 unspecified atom stereocenters. The molecule has 0 atom stereocenters. The number of methoxy groups -OCH3 is 1. The highest BCUT2D eigenvalue weighted by Crippen LogP contribution is 2.12. The Hall–Kier alpha value is -1.18. The number of hydrogen-bond acceptors (Lipinski definition) is 4. The summed E-state index contributed by atoms with van der Waals surface area (Å²) in [5, 5.41) is 0. The van der Waals surface area contributed by atoms with E-state index in [9.17, 15) is 8.42 Å². The fourth-order valence-corrected chi connectivity index (χ4v) is 3.10. The molecule has 0 amide bonds. The van der Waals surface area contributed by atoms with E-state index in [-0.39, 0.29) is 6.54 Å². The second-order valence-electron chi connectivity index (χ2n) is 4.14. The van der Waals surface area contributed by atoms with Gasteiger partial charge in [-0.15, -0.1) is 0 Å². The van der Waals surface area contributed by atoms with Gasteiger partial charge in [0.05, 0.1) is 7.11 Å². The first kappa shape index (κ1) is 13.3. The van der Waals surface area contributed by atoms with E-state index < -0.39 is 10.2 Å². The van der Waals surface area contributed by atoms with Crippen molar-refractivity contribution in [1.82, 2.24) is 14.0 Å². The summed E-state index contributed by atoms with van der Waals surface area (Å²) in [7, 11) is -1.81. The van der Waals surface area contributed by atoms with E-state index in [0.29, 0.717) is 19.0 Å². The molecule has 1 aliphatic rings. The van der Waals surface area contributed by atoms with E-state index in [1.54, 1.807) is 18.3 Å². The molecule has 0 aromatic carbocycles. The summed E-state index contributed by atoms with van der Waals surface area (Å²) in [5.41, 5.74) is 0.804. The van der Waals surface area contributed by atoms with Gasteiger partial charge in [0, 0.05) is 31.9 Å². The summed E-state index contributed by atoms with van der Waals surface area (Å²) >= 11 is 0. The fourth-order valence-electron chi connectivity index (χ4n) is 1.83. The molecule has 18 heavy (non-hydrogen) atoms. The molecule has 0 spiro atoms. The summed E-state index contributed by atoms with van der Waals surface area (Å²) in [4.78, 5) is 4.02. The Labute approximate surface area is 107 Å². The Bertz CT molecular complexity index is 481. The third-order valence-electron chi connectivity index (χ3n) is 2.87. The molecule has 1 saturated heterocycles. The molecule has 0 radical (unpaired) electrons. The van der Waals surface area contributed by atoms with Gasteiger partial charge < -0.3 is 4.74 Å². The zero-order valence-corrected chi connectivity index (χ0v) is 11.1. The van der Waals surface area contributed by atoms with Gasteiger partial charge in [-0.25, -0.2) is 4.98 Å². The monoisotopic (exact) mass is 271 g/mol. The van der Waals surface area contributed by atoms with Crippen molar-refractivity contribution in [2.75, 3.05) is 20.2 Å². The largest absolute Gasteiger partial charge is 0.481 e. The van der Waals surface area contributed by atoms with Crippen LogP contribution in [-0.2, 0) is 16.8 Å². The van der Waals surface area contributed by atoms with Crippen molar-refractivity contribution in [3.05, 3.63) is 23.9 Å². The Kier molecular flexibility index (Phi) is 4.15. The first-order valence-corrected chi connectivity index (χ1v) is 7.29. The molecule has 7 heteroatoms. The van der Waals surface area contributed by atoms with Gasteiger partial charge >= 0.3 is 0 Å². The van der Waals surface area contributed by atoms with Crippen LogP contribution in [0.3, 0.4) is 0 Å². The number of rotatable bonds is 5. The average molecular weight is 271 g/mol. The zero-order valence-electron chi connectivity index (χ0n) is 10.3. The van der Waals surface area contributed by atoms with Gasteiger partial charge in [-0.05, 0) is 18.4 Å². The molecular weight excluding hydrogens is 254 g/mol. The van der Waals surface area contributed by atoms with Crippen LogP contribution in [0.4, 0.5) is 0 Å². The topological polar surface area (TPSA) is 71.5 Å². The van der Waals surface area contributed by atoms with Crippen LogP contribution in [0.1, 0.15) is 18.4 Å². The normalized spacial score (nSPS) is 16.9. The van der Waals surface area contributed by atoms with Gasteiger partial charge in [-0.2, -0.15) is 17.4 Å². The van der Waals surface area contributed by atoms with Gasteiger partial charge in [0.25, 0.3) is 10.2 Å². The minimum atomic E-state index is -3.35. The summed E-state index contributed by atoms with van der Waals surface area (Å²) in [5.74, 6) is 0.515. The van der Waals surface area contributed by atoms with Gasteiger partial charge in [0.15, 0.2) is 0 Å². The van der Waals surface area contributed by atoms with Crippen LogP contribution in [0.2, 0.25) is 0 Å². The second-order valence-corrected chi connectivity index (χ2v) is 5.90. The van der Waals surface area contributed by atoms with Crippen molar-refractivity contribution in [2.45, 2.75) is 19.4 Å². The molecule has 0 saturated carbocycles. The average Bonchev–Trinajstić information content (AvgIpc) is 2.92. The predicted octanol–water partition coefficient (Wildman–Crippen LogP) is 0.520. The summed E-state index contributed by atoms with van der Waals surface area (Å²) < 4.78 is 32.8. The maximum atomic E-state index is 11.9. The number of pyridine rings is 1. The Morgan fingerprint density at radius 1 is 1.39 bits per heavy atom. The molecule has 2 heterocycles. The standard InChI is InChI=1S/C11H17N3O3S/c1-17-11-5-4-10(8-12-11)9-13-18(15,16)14-6-2-3-7-14/h4-5,8,13H,2-3,6-7,9H2,1H3. The quantitative estimate of drug-likeness (QED) is 0.847. The maximum absolute atomic E-state index is 11.9. The molecule has 0 bridgehead atoms. The smallest absolute Gasteiger partial charge is 0.279 e. The molecular formula is C11H17N3O3S. The number of hydrogen-bond donors (Lipinski definition) is 1. The lowest BCUT2D eigenvalue weighted by atomic mass is 10.3. The maximum Gasteiger partial charge on any atom is 0.279 e. The molecule has 1 N–H and O–H groups in total. The van der Waals surface area contributed by atoms with Crippen LogP contribution in [-0.4, -0.2) is 37.9 Å². The third kappa shape index (κ3) is 3.18. The second kappa shape index (κ2) is 5.64. The van der Waals surface area contributed by atoms with Gasteiger partial charge in [0.1, 0.15) is 0 Å². The summed E-state index contributed by atoms with van der Waals surface area (Å²) in [6, 6.07) is 3.50. The van der Waals surface area contributed by atoms with Crippen molar-refractivity contribution in [3.8, 4) is 5.88 Å². The predicted molar refractivity (Wildman–Crippen MR) is 67.4 cm³/mol. The lowest BCUT2D eigenvalue weighted by molar-refractivity contribution is 0.397.